The molecule has 0 aromatic rings. The Morgan fingerprint density at radius 2 is 1.52 bits per heavy atom. The molecule has 4 nitrogen and oxygen atoms in total. The molecule has 0 aromatic heterocycles. The van der Waals surface area contributed by atoms with Crippen molar-refractivity contribution in [2.24, 2.45) is 5.92 Å². The SMILES string of the molecule is CCCCCCCCCCNS(=O)(=O)CC1CCNCC1. The van der Waals surface area contributed by atoms with Crippen LogP contribution < -0.4 is 10.0 Å². The maximum absolute atomic E-state index is 12.0. The third-order valence-corrected chi connectivity index (χ3v) is 5.82. The van der Waals surface area contributed by atoms with Crippen LogP contribution in [0.4, 0.5) is 0 Å². The Hall–Kier alpha value is -0.130. The summed E-state index contributed by atoms with van der Waals surface area (Å²) in [7, 11) is -3.06. The minimum atomic E-state index is -3.06. The van der Waals surface area contributed by atoms with Gasteiger partial charge in [-0.15, -0.1) is 0 Å². The molecule has 1 fully saturated rings. The highest BCUT2D eigenvalue weighted by molar-refractivity contribution is 7.89. The molecule has 0 amide bonds. The van der Waals surface area contributed by atoms with E-state index in [2.05, 4.69) is 17.0 Å². The molecule has 1 aliphatic rings. The first-order chi connectivity index (χ1) is 10.1. The molecule has 0 bridgehead atoms. The van der Waals surface area contributed by atoms with Gasteiger partial charge in [0.25, 0.3) is 0 Å². The maximum atomic E-state index is 12.0. The van der Waals surface area contributed by atoms with E-state index in [0.29, 0.717) is 18.2 Å². The summed E-state index contributed by atoms with van der Waals surface area (Å²) in [6, 6.07) is 0. The van der Waals surface area contributed by atoms with E-state index in [1.54, 1.807) is 0 Å². The van der Waals surface area contributed by atoms with E-state index in [0.717, 1.165) is 38.8 Å². The molecule has 126 valence electrons. The zero-order valence-corrected chi connectivity index (χ0v) is 14.5. The second-order valence-electron chi connectivity index (χ2n) is 6.34. The highest BCUT2D eigenvalue weighted by Crippen LogP contribution is 2.13. The van der Waals surface area contributed by atoms with Crippen molar-refractivity contribution >= 4 is 10.0 Å². The van der Waals surface area contributed by atoms with Gasteiger partial charge in [0.1, 0.15) is 0 Å². The highest BCUT2D eigenvalue weighted by Gasteiger charge is 2.20. The summed E-state index contributed by atoms with van der Waals surface area (Å²) in [5.41, 5.74) is 0. The average Bonchev–Trinajstić information content (AvgIpc) is 2.46. The number of hydrogen-bond acceptors (Lipinski definition) is 3. The Morgan fingerprint density at radius 1 is 0.952 bits per heavy atom. The van der Waals surface area contributed by atoms with Gasteiger partial charge in [-0.05, 0) is 38.3 Å². The van der Waals surface area contributed by atoms with Gasteiger partial charge in [-0.3, -0.25) is 0 Å². The molecule has 0 saturated carbocycles. The minimum absolute atomic E-state index is 0.311. The molecule has 5 heteroatoms. The Morgan fingerprint density at radius 3 is 2.14 bits per heavy atom. The quantitative estimate of drug-likeness (QED) is 0.544. The van der Waals surface area contributed by atoms with Crippen LogP contribution in [0.1, 0.15) is 71.1 Å². The predicted molar refractivity (Wildman–Crippen MR) is 90.0 cm³/mol. The molecule has 0 atom stereocenters. The van der Waals surface area contributed by atoms with Crippen LogP contribution in [-0.4, -0.2) is 33.8 Å². The molecule has 0 spiro atoms. The first-order valence-corrected chi connectivity index (χ1v) is 10.5. The number of unbranched alkanes of at least 4 members (excludes halogenated alkanes) is 7. The van der Waals surface area contributed by atoms with Crippen molar-refractivity contribution in [3.05, 3.63) is 0 Å². The number of nitrogens with one attached hydrogen (secondary N) is 2. The molecule has 0 aromatic carbocycles. The van der Waals surface area contributed by atoms with Crippen LogP contribution in [-0.2, 0) is 10.0 Å². The predicted octanol–water partition coefficient (Wildman–Crippen LogP) is 3.05. The monoisotopic (exact) mass is 318 g/mol. The summed E-state index contributed by atoms with van der Waals surface area (Å²) >= 11 is 0. The first kappa shape index (κ1) is 18.9. The van der Waals surface area contributed by atoms with Crippen LogP contribution in [0.3, 0.4) is 0 Å². The van der Waals surface area contributed by atoms with Gasteiger partial charge in [0, 0.05) is 6.54 Å². The van der Waals surface area contributed by atoms with Crippen LogP contribution in [0.5, 0.6) is 0 Å². The second kappa shape index (κ2) is 11.4. The van der Waals surface area contributed by atoms with Crippen LogP contribution in [0.25, 0.3) is 0 Å². The van der Waals surface area contributed by atoms with E-state index in [1.807, 2.05) is 0 Å². The Kier molecular flexibility index (Phi) is 10.3. The molecular formula is C16H34N2O2S. The molecule has 1 aliphatic heterocycles. The third kappa shape index (κ3) is 10.3. The summed E-state index contributed by atoms with van der Waals surface area (Å²) < 4.78 is 26.7. The standard InChI is InChI=1S/C16H34N2O2S/c1-2-3-4-5-6-7-8-9-12-18-21(19,20)15-16-10-13-17-14-11-16/h16-18H,2-15H2,1H3. The summed E-state index contributed by atoms with van der Waals surface area (Å²) in [6.07, 6.45) is 11.9. The van der Waals surface area contributed by atoms with E-state index in [-0.39, 0.29) is 0 Å². The van der Waals surface area contributed by atoms with Gasteiger partial charge >= 0.3 is 0 Å². The number of piperidine rings is 1. The average molecular weight is 319 g/mol. The second-order valence-corrected chi connectivity index (χ2v) is 8.20. The summed E-state index contributed by atoms with van der Waals surface area (Å²) in [4.78, 5) is 0. The first-order valence-electron chi connectivity index (χ1n) is 8.82. The number of sulfonamides is 1. The fourth-order valence-electron chi connectivity index (χ4n) is 2.90. The van der Waals surface area contributed by atoms with Crippen LogP contribution in [0, 0.1) is 5.92 Å². The summed E-state index contributed by atoms with van der Waals surface area (Å²) in [6.45, 7) is 4.76. The zero-order chi connectivity index (χ0) is 15.4. The molecular weight excluding hydrogens is 284 g/mol. The van der Waals surface area contributed by atoms with Crippen LogP contribution in [0.2, 0.25) is 0 Å². The molecule has 0 aliphatic carbocycles. The minimum Gasteiger partial charge on any atom is -0.317 e. The number of hydrogen-bond donors (Lipinski definition) is 2. The van der Waals surface area contributed by atoms with E-state index in [4.69, 9.17) is 0 Å². The Bertz CT molecular complexity index is 338. The van der Waals surface area contributed by atoms with Gasteiger partial charge in [0.05, 0.1) is 5.75 Å². The van der Waals surface area contributed by atoms with Gasteiger partial charge in [0.15, 0.2) is 0 Å². The Labute approximate surface area is 131 Å². The van der Waals surface area contributed by atoms with Gasteiger partial charge in [0.2, 0.25) is 10.0 Å². The molecule has 21 heavy (non-hydrogen) atoms. The maximum Gasteiger partial charge on any atom is 0.211 e. The molecule has 0 radical (unpaired) electrons. The van der Waals surface area contributed by atoms with Gasteiger partial charge in [-0.2, -0.15) is 0 Å². The van der Waals surface area contributed by atoms with E-state index in [9.17, 15) is 8.42 Å². The Balaban J connectivity index is 1.97. The van der Waals surface area contributed by atoms with Gasteiger partial charge in [-0.1, -0.05) is 51.9 Å². The molecule has 0 unspecified atom stereocenters. The zero-order valence-electron chi connectivity index (χ0n) is 13.7. The lowest BCUT2D eigenvalue weighted by molar-refractivity contribution is 0.400. The molecule has 1 rings (SSSR count). The lowest BCUT2D eigenvalue weighted by atomic mass is 10.0. The highest BCUT2D eigenvalue weighted by atomic mass is 32.2. The van der Waals surface area contributed by atoms with Crippen molar-refractivity contribution in [2.45, 2.75) is 71.1 Å². The lowest BCUT2D eigenvalue weighted by Gasteiger charge is -2.22. The van der Waals surface area contributed by atoms with Crippen molar-refractivity contribution in [1.82, 2.24) is 10.0 Å². The van der Waals surface area contributed by atoms with E-state index < -0.39 is 10.0 Å². The lowest BCUT2D eigenvalue weighted by Crippen LogP contribution is -2.35. The summed E-state index contributed by atoms with van der Waals surface area (Å²) in [5.74, 6) is 0.647. The van der Waals surface area contributed by atoms with Crippen molar-refractivity contribution < 1.29 is 8.42 Å². The number of rotatable bonds is 12. The summed E-state index contributed by atoms with van der Waals surface area (Å²) in [5, 5.41) is 3.27. The van der Waals surface area contributed by atoms with Crippen molar-refractivity contribution in [3.63, 3.8) is 0 Å². The van der Waals surface area contributed by atoms with Crippen LogP contribution in [0.15, 0.2) is 0 Å². The van der Waals surface area contributed by atoms with Gasteiger partial charge in [-0.25, -0.2) is 13.1 Å². The van der Waals surface area contributed by atoms with E-state index >= 15 is 0 Å². The smallest absolute Gasteiger partial charge is 0.211 e. The van der Waals surface area contributed by atoms with Gasteiger partial charge < -0.3 is 5.32 Å². The molecule has 2 N–H and O–H groups in total. The normalized spacial score (nSPS) is 17.2. The fraction of sp³-hybridized carbons (Fsp3) is 1.00. The molecule has 1 heterocycles. The van der Waals surface area contributed by atoms with Crippen molar-refractivity contribution in [1.29, 1.82) is 0 Å². The third-order valence-electron chi connectivity index (χ3n) is 4.27. The van der Waals surface area contributed by atoms with E-state index in [1.165, 1.54) is 38.5 Å². The largest absolute Gasteiger partial charge is 0.317 e. The van der Waals surface area contributed by atoms with Crippen molar-refractivity contribution in [2.75, 3.05) is 25.4 Å². The molecule has 1 saturated heterocycles. The fourth-order valence-corrected chi connectivity index (χ4v) is 4.43. The van der Waals surface area contributed by atoms with Crippen molar-refractivity contribution in [3.8, 4) is 0 Å². The topological polar surface area (TPSA) is 58.2 Å². The van der Waals surface area contributed by atoms with Crippen LogP contribution >= 0.6 is 0 Å².